The molecule has 2 amide bonds. The molecule has 9 heterocycles. The van der Waals surface area contributed by atoms with E-state index >= 15 is 0 Å². The Morgan fingerprint density at radius 2 is 1.08 bits per heavy atom. The summed E-state index contributed by atoms with van der Waals surface area (Å²) in [6.07, 6.45) is 16.5. The third-order valence-electron chi connectivity index (χ3n) is 12.7. The van der Waals surface area contributed by atoms with Gasteiger partial charge in [0.1, 0.15) is 23.1 Å². The standard InChI is InChI=1S/C21H25N3O2.C13H18N2O2.C12H14N2O3.C12H16N2O2/c25-19-9-7-17-8-10-20(23-21(17)22-19)26-14-4-3-12-24-13-11-16-5-1-2-6-18(16)15-24;1-2-3-4-9-17-12-8-6-10-5-7-11(16)14-13(10)15-12;15-7-1-2-8-17-11-6-4-9-3-5-10(16)13-12(9)14-11;15-8-1-2-9-16-11-6-5-10-4-3-7-13-12(10)14-11/h1-2,5-6,8,10H,3-4,7,9,11-15H2,(H,22,23,25);6,8H,2-5,7,9H2,1H3,(H,14,15,16);3-6,15H,1-2,7-8H2,(H,13,14,16);3-6,15H,1-2,7-9H2,(H,13,14). The molecule has 18 nitrogen and oxygen atoms in total. The number of aromatic amines is 1. The molecule has 5 aromatic heterocycles. The summed E-state index contributed by atoms with van der Waals surface area (Å²) in [4.78, 5) is 56.3. The van der Waals surface area contributed by atoms with Crippen LogP contribution in [-0.2, 0) is 35.4 Å². The number of nitrogens with one attached hydrogen (secondary N) is 4. The van der Waals surface area contributed by atoms with Gasteiger partial charge in [-0.3, -0.25) is 19.3 Å². The van der Waals surface area contributed by atoms with Gasteiger partial charge in [-0.2, -0.15) is 19.9 Å². The van der Waals surface area contributed by atoms with E-state index in [2.05, 4.69) is 83.0 Å². The average molecular weight is 1040 g/mol. The summed E-state index contributed by atoms with van der Waals surface area (Å²) < 4.78 is 22.2. The highest BCUT2D eigenvalue weighted by Gasteiger charge is 2.19. The largest absolute Gasteiger partial charge is 0.478 e. The predicted octanol–water partition coefficient (Wildman–Crippen LogP) is 8.46. The number of benzene rings is 1. The highest BCUT2D eigenvalue weighted by atomic mass is 16.5. The van der Waals surface area contributed by atoms with Crippen LogP contribution in [0, 0.1) is 0 Å². The summed E-state index contributed by atoms with van der Waals surface area (Å²) in [5.41, 5.74) is 6.58. The predicted molar refractivity (Wildman–Crippen MR) is 295 cm³/mol. The Labute approximate surface area is 444 Å². The van der Waals surface area contributed by atoms with Crippen molar-refractivity contribution in [3.05, 3.63) is 129 Å². The topological polar surface area (TPSA) is 235 Å². The number of anilines is 3. The number of hydrogen-bond acceptors (Lipinski definition) is 15. The molecule has 0 bridgehead atoms. The number of aryl methyl sites for hydroxylation is 2. The van der Waals surface area contributed by atoms with Gasteiger partial charge in [-0.05, 0) is 123 Å². The number of H-pyrrole nitrogens is 1. The number of hydrogen-bond donors (Lipinski definition) is 6. The number of aliphatic hydroxyl groups is 2. The van der Waals surface area contributed by atoms with Crippen molar-refractivity contribution in [1.82, 2.24) is 29.8 Å². The smallest absolute Gasteiger partial charge is 0.249 e. The number of carbonyl (C=O) groups excluding carboxylic acids is 2. The second-order valence-electron chi connectivity index (χ2n) is 18.7. The van der Waals surface area contributed by atoms with Gasteiger partial charge < -0.3 is 50.1 Å². The Balaban J connectivity index is 0.000000151. The van der Waals surface area contributed by atoms with Crippen LogP contribution >= 0.6 is 0 Å². The number of amides is 2. The molecule has 0 unspecified atom stereocenters. The summed E-state index contributed by atoms with van der Waals surface area (Å²) in [6, 6.07) is 27.2. The fourth-order valence-corrected chi connectivity index (χ4v) is 8.52. The van der Waals surface area contributed by atoms with E-state index in [0.717, 1.165) is 112 Å². The number of fused-ring (bicyclic) bond motifs is 5. The van der Waals surface area contributed by atoms with Crippen LogP contribution in [0.2, 0.25) is 0 Å². The van der Waals surface area contributed by atoms with Crippen molar-refractivity contribution in [2.45, 2.75) is 103 Å². The number of aliphatic hydroxyl groups excluding tert-OH is 2. The minimum atomic E-state index is -0.178. The zero-order chi connectivity index (χ0) is 53.2. The van der Waals surface area contributed by atoms with Gasteiger partial charge >= 0.3 is 0 Å². The van der Waals surface area contributed by atoms with E-state index in [-0.39, 0.29) is 30.6 Å². The third kappa shape index (κ3) is 18.5. The lowest BCUT2D eigenvalue weighted by Crippen LogP contribution is -2.31. The molecule has 10 rings (SSSR count). The average Bonchev–Trinajstić information content (AvgIpc) is 3.45. The summed E-state index contributed by atoms with van der Waals surface area (Å²) in [5.74, 6) is 4.58. The van der Waals surface area contributed by atoms with E-state index in [1.807, 2.05) is 48.5 Å². The number of nitrogens with zero attached hydrogens (tertiary/aromatic N) is 5. The van der Waals surface area contributed by atoms with Crippen LogP contribution in [0.3, 0.4) is 0 Å². The van der Waals surface area contributed by atoms with E-state index in [1.165, 1.54) is 30.0 Å². The lowest BCUT2D eigenvalue weighted by atomic mass is 10.00. The molecular weight excluding hydrogens is 967 g/mol. The zero-order valence-corrected chi connectivity index (χ0v) is 43.7. The molecule has 404 valence electrons. The van der Waals surface area contributed by atoms with E-state index < -0.39 is 0 Å². The van der Waals surface area contributed by atoms with Crippen molar-refractivity contribution in [2.75, 3.05) is 75.2 Å². The van der Waals surface area contributed by atoms with Gasteiger partial charge in [-0.15, -0.1) is 0 Å². The van der Waals surface area contributed by atoms with Crippen molar-refractivity contribution < 1.29 is 38.7 Å². The first-order chi connectivity index (χ1) is 37.3. The number of unbranched alkanes of at least 4 members (excludes halogenated alkanes) is 5. The molecule has 1 aromatic carbocycles. The maximum atomic E-state index is 11.5. The van der Waals surface area contributed by atoms with Crippen LogP contribution in [-0.4, -0.2) is 111 Å². The van der Waals surface area contributed by atoms with Gasteiger partial charge in [0.2, 0.25) is 40.9 Å². The van der Waals surface area contributed by atoms with Crippen LogP contribution < -0.4 is 40.5 Å². The Hall–Kier alpha value is -7.41. The third-order valence-corrected chi connectivity index (χ3v) is 12.7. The lowest BCUT2D eigenvalue weighted by Gasteiger charge is -2.28. The van der Waals surface area contributed by atoms with E-state index in [4.69, 9.17) is 29.2 Å². The molecule has 4 aliphatic heterocycles. The van der Waals surface area contributed by atoms with Gasteiger partial charge in [0.15, 0.2) is 0 Å². The molecule has 6 aromatic rings. The van der Waals surface area contributed by atoms with Crippen LogP contribution in [0.15, 0.2) is 95.8 Å². The number of carbonyl (C=O) groups is 2. The van der Waals surface area contributed by atoms with Crippen LogP contribution in [0.5, 0.6) is 23.5 Å². The Kier molecular flexibility index (Phi) is 22.8. The van der Waals surface area contributed by atoms with Gasteiger partial charge in [0.25, 0.3) is 0 Å². The van der Waals surface area contributed by atoms with Crippen molar-refractivity contribution in [3.8, 4) is 23.5 Å². The Bertz CT molecular complexity index is 2880. The van der Waals surface area contributed by atoms with Gasteiger partial charge in [0.05, 0.1) is 26.4 Å². The molecule has 76 heavy (non-hydrogen) atoms. The number of pyridine rings is 5. The van der Waals surface area contributed by atoms with Gasteiger partial charge in [-0.1, -0.05) is 56.2 Å². The highest BCUT2D eigenvalue weighted by Crippen LogP contribution is 2.26. The van der Waals surface area contributed by atoms with Crippen molar-refractivity contribution in [3.63, 3.8) is 0 Å². The van der Waals surface area contributed by atoms with E-state index in [1.54, 1.807) is 12.1 Å². The SMILES string of the molecule is CCCCCOc1ccc2c(n1)NC(=O)CC2.O=C1CCc2ccc(OCCCCN3CCc4ccccc4C3)nc2N1.O=c1ccc2ccc(OCCCCO)nc2[nH]1.OCCCCOc1ccc2c(n1)NCC=C2. The van der Waals surface area contributed by atoms with Crippen molar-refractivity contribution in [1.29, 1.82) is 0 Å². The normalized spacial score (nSPS) is 13.9. The summed E-state index contributed by atoms with van der Waals surface area (Å²) in [6.45, 7) is 9.12. The lowest BCUT2D eigenvalue weighted by molar-refractivity contribution is -0.117. The monoisotopic (exact) mass is 1040 g/mol. The quantitative estimate of drug-likeness (QED) is 0.0371. The minimum Gasteiger partial charge on any atom is -0.478 e. The first kappa shape index (κ1) is 56.3. The molecule has 0 fully saturated rings. The van der Waals surface area contributed by atoms with Crippen molar-refractivity contribution in [2.24, 2.45) is 0 Å². The van der Waals surface area contributed by atoms with Crippen LogP contribution in [0.4, 0.5) is 17.5 Å². The fourth-order valence-electron chi connectivity index (χ4n) is 8.52. The zero-order valence-electron chi connectivity index (χ0n) is 43.7. The minimum absolute atomic E-state index is 0.0326. The summed E-state index contributed by atoms with van der Waals surface area (Å²) in [7, 11) is 0. The van der Waals surface area contributed by atoms with E-state index in [9.17, 15) is 14.4 Å². The molecule has 0 saturated carbocycles. The first-order valence-corrected chi connectivity index (χ1v) is 26.8. The maximum Gasteiger partial charge on any atom is 0.249 e. The number of aromatic nitrogens is 5. The summed E-state index contributed by atoms with van der Waals surface area (Å²) >= 11 is 0. The fraction of sp³-hybridized carbons (Fsp3) is 0.431. The molecule has 0 spiro atoms. The molecular formula is C58H73N9O9. The Morgan fingerprint density at radius 3 is 1.70 bits per heavy atom. The second kappa shape index (κ2) is 30.8. The van der Waals surface area contributed by atoms with E-state index in [0.29, 0.717) is 86.5 Å². The molecule has 0 saturated heterocycles. The number of rotatable bonds is 21. The molecule has 4 aliphatic rings. The molecule has 0 radical (unpaired) electrons. The molecule has 18 heteroatoms. The molecule has 0 aliphatic carbocycles. The van der Waals surface area contributed by atoms with Crippen LogP contribution in [0.25, 0.3) is 17.1 Å². The molecule has 6 N–H and O–H groups in total. The van der Waals surface area contributed by atoms with Gasteiger partial charge in [0, 0.05) is 87.0 Å². The van der Waals surface area contributed by atoms with Crippen LogP contribution in [0.1, 0.15) is 105 Å². The first-order valence-electron chi connectivity index (χ1n) is 26.8. The maximum absolute atomic E-state index is 11.5. The summed E-state index contributed by atoms with van der Waals surface area (Å²) in [5, 5.41) is 26.9. The number of ether oxygens (including phenoxy) is 4. The Morgan fingerprint density at radius 1 is 0.539 bits per heavy atom. The molecule has 0 atom stereocenters. The highest BCUT2D eigenvalue weighted by molar-refractivity contribution is 5.93. The van der Waals surface area contributed by atoms with Gasteiger partial charge in [-0.25, -0.2) is 0 Å². The van der Waals surface area contributed by atoms with Crippen molar-refractivity contribution >= 4 is 46.4 Å². The second-order valence-corrected chi connectivity index (χ2v) is 18.7.